The Morgan fingerprint density at radius 2 is 1.79 bits per heavy atom. The summed E-state index contributed by atoms with van der Waals surface area (Å²) in [4.78, 5) is 39.5. The number of amides is 1. The fraction of sp³-hybridized carbons (Fsp3) is 0.435. The molecule has 3 aromatic rings. The molecule has 3 aromatic heterocycles. The number of carbonyl (C=O) groups excluding carboxylic acids is 1. The number of aromatic amines is 1. The molecule has 0 radical (unpaired) electrons. The second-order valence-electron chi connectivity index (χ2n) is 8.83. The predicted molar refractivity (Wildman–Crippen MR) is 119 cm³/mol. The van der Waals surface area contributed by atoms with Gasteiger partial charge in [0.15, 0.2) is 5.52 Å². The van der Waals surface area contributed by atoms with Crippen molar-refractivity contribution in [2.45, 2.75) is 51.4 Å². The van der Waals surface area contributed by atoms with Crippen molar-refractivity contribution in [2.75, 3.05) is 13.1 Å². The average Bonchev–Trinajstić information content (AvgIpc) is 2.80. The van der Waals surface area contributed by atoms with E-state index < -0.39 is 58.1 Å². The van der Waals surface area contributed by atoms with Crippen LogP contribution in [0.1, 0.15) is 47.4 Å². The van der Waals surface area contributed by atoms with E-state index in [9.17, 15) is 35.9 Å². The lowest BCUT2D eigenvalue weighted by atomic mass is 10.1. The molecule has 1 N–H and O–H groups in total. The molecule has 204 valence electrons. The third-order valence-corrected chi connectivity index (χ3v) is 5.61. The summed E-state index contributed by atoms with van der Waals surface area (Å²) in [7, 11) is 0. The first-order chi connectivity index (χ1) is 17.6. The summed E-state index contributed by atoms with van der Waals surface area (Å²) in [5.74, 6) is -1.21. The number of hydrogen-bond donors (Lipinski definition) is 1. The smallest absolute Gasteiger partial charge is 0.431 e. The molecular weight excluding hydrogens is 524 g/mol. The Bertz CT molecular complexity index is 1400. The maximum atomic E-state index is 14.0. The zero-order valence-corrected chi connectivity index (χ0v) is 20.1. The lowest BCUT2D eigenvalue weighted by Gasteiger charge is -2.35. The van der Waals surface area contributed by atoms with E-state index in [0.29, 0.717) is 19.2 Å². The number of carbonyl (C=O) groups is 1. The normalized spacial score (nSPS) is 19.4. The fourth-order valence-corrected chi connectivity index (χ4v) is 4.13. The first kappa shape index (κ1) is 27.3. The standard InChI is InChI=1S/C23H21F6N5O4/c1-10-8-34(9-11(2)37-10)21(36)13-4-5-16(30-7-13)38-19(23(27,28)29)17-14(22(24,25)26)6-15-18(33-17)20(35)32-12(3)31-15/h4-7,10-11,19H,8-9H2,1-3H3,(H,31,32,35). The van der Waals surface area contributed by atoms with Gasteiger partial charge >= 0.3 is 12.4 Å². The zero-order chi connectivity index (χ0) is 28.0. The van der Waals surface area contributed by atoms with Gasteiger partial charge in [0.25, 0.3) is 11.5 Å². The van der Waals surface area contributed by atoms with Gasteiger partial charge in [-0.15, -0.1) is 0 Å². The molecule has 1 amide bonds. The molecule has 3 atom stereocenters. The fourth-order valence-electron chi connectivity index (χ4n) is 4.13. The summed E-state index contributed by atoms with van der Waals surface area (Å²) in [5.41, 5.74) is -5.58. The summed E-state index contributed by atoms with van der Waals surface area (Å²) < 4.78 is 93.8. The maximum absolute atomic E-state index is 14.0. The second-order valence-corrected chi connectivity index (χ2v) is 8.83. The molecule has 1 aliphatic heterocycles. The average molecular weight is 545 g/mol. The number of nitrogens with one attached hydrogen (secondary N) is 1. The Balaban J connectivity index is 1.70. The summed E-state index contributed by atoms with van der Waals surface area (Å²) >= 11 is 0. The predicted octanol–water partition coefficient (Wildman–Crippen LogP) is 3.97. The molecule has 38 heavy (non-hydrogen) atoms. The molecule has 0 bridgehead atoms. The van der Waals surface area contributed by atoms with Gasteiger partial charge in [0, 0.05) is 25.4 Å². The number of halogens is 6. The number of aryl methyl sites for hydroxylation is 1. The monoisotopic (exact) mass is 545 g/mol. The number of aromatic nitrogens is 4. The summed E-state index contributed by atoms with van der Waals surface area (Å²) in [6, 6.07) is 2.41. The number of morpholine rings is 1. The Hall–Kier alpha value is -3.75. The number of H-pyrrole nitrogens is 1. The summed E-state index contributed by atoms with van der Waals surface area (Å²) in [6.45, 7) is 5.44. The number of fused-ring (bicyclic) bond motifs is 1. The first-order valence-electron chi connectivity index (χ1n) is 11.3. The van der Waals surface area contributed by atoms with Crippen molar-refractivity contribution in [3.05, 3.63) is 57.4 Å². The second kappa shape index (κ2) is 9.85. The Labute approximate surface area is 210 Å². The molecule has 1 aliphatic rings. The molecule has 9 nitrogen and oxygen atoms in total. The van der Waals surface area contributed by atoms with Crippen LogP contribution in [0, 0.1) is 6.92 Å². The van der Waals surface area contributed by atoms with Crippen LogP contribution in [-0.2, 0) is 10.9 Å². The van der Waals surface area contributed by atoms with Gasteiger partial charge in [0.2, 0.25) is 12.0 Å². The van der Waals surface area contributed by atoms with Crippen LogP contribution < -0.4 is 10.3 Å². The van der Waals surface area contributed by atoms with E-state index >= 15 is 0 Å². The maximum Gasteiger partial charge on any atom is 0.431 e. The minimum Gasteiger partial charge on any atom is -0.458 e. The summed E-state index contributed by atoms with van der Waals surface area (Å²) in [6.07, 6.45) is -13.4. The van der Waals surface area contributed by atoms with Gasteiger partial charge in [0.1, 0.15) is 11.5 Å². The topological polar surface area (TPSA) is 110 Å². The molecule has 0 spiro atoms. The molecule has 0 saturated carbocycles. The third kappa shape index (κ3) is 5.71. The van der Waals surface area contributed by atoms with Crippen LogP contribution in [0.3, 0.4) is 0 Å². The first-order valence-corrected chi connectivity index (χ1v) is 11.3. The lowest BCUT2D eigenvalue weighted by molar-refractivity contribution is -0.202. The minimum atomic E-state index is -5.39. The van der Waals surface area contributed by atoms with Crippen LogP contribution in [0.5, 0.6) is 5.88 Å². The van der Waals surface area contributed by atoms with Crippen molar-refractivity contribution < 1.29 is 40.6 Å². The van der Waals surface area contributed by atoms with Crippen LogP contribution in [0.25, 0.3) is 11.0 Å². The van der Waals surface area contributed by atoms with Crippen molar-refractivity contribution in [3.8, 4) is 5.88 Å². The van der Waals surface area contributed by atoms with E-state index in [-0.39, 0.29) is 23.6 Å². The van der Waals surface area contributed by atoms with Crippen molar-refractivity contribution in [1.82, 2.24) is 24.8 Å². The van der Waals surface area contributed by atoms with Crippen LogP contribution in [0.4, 0.5) is 26.3 Å². The molecule has 3 unspecified atom stereocenters. The largest absolute Gasteiger partial charge is 0.458 e. The number of rotatable bonds is 4. The highest BCUT2D eigenvalue weighted by Gasteiger charge is 2.49. The van der Waals surface area contributed by atoms with Crippen LogP contribution >= 0.6 is 0 Å². The number of alkyl halides is 6. The zero-order valence-electron chi connectivity index (χ0n) is 20.1. The molecule has 4 heterocycles. The number of pyridine rings is 2. The minimum absolute atomic E-state index is 0.0370. The van der Waals surface area contributed by atoms with E-state index in [1.165, 1.54) is 11.8 Å². The SMILES string of the molecule is Cc1nc2cc(C(F)(F)F)c(C(Oc3ccc(C(=O)N4CC(C)OC(C)C4)cn3)C(F)(F)F)nc2c(=O)[nH]1. The van der Waals surface area contributed by atoms with Gasteiger partial charge < -0.3 is 19.4 Å². The van der Waals surface area contributed by atoms with Gasteiger partial charge in [-0.25, -0.2) is 15.0 Å². The van der Waals surface area contributed by atoms with Gasteiger partial charge in [0.05, 0.1) is 28.9 Å². The van der Waals surface area contributed by atoms with E-state index in [1.807, 2.05) is 0 Å². The number of hydrogen-bond acceptors (Lipinski definition) is 7. The van der Waals surface area contributed by atoms with Crippen LogP contribution in [0.15, 0.2) is 29.2 Å². The van der Waals surface area contributed by atoms with E-state index in [1.54, 1.807) is 13.8 Å². The summed E-state index contributed by atoms with van der Waals surface area (Å²) in [5, 5.41) is 0. The number of ether oxygens (including phenoxy) is 2. The van der Waals surface area contributed by atoms with Gasteiger partial charge in [-0.3, -0.25) is 9.59 Å². The highest BCUT2D eigenvalue weighted by Crippen LogP contribution is 2.42. The van der Waals surface area contributed by atoms with E-state index in [0.717, 1.165) is 18.3 Å². The third-order valence-electron chi connectivity index (χ3n) is 5.61. The Morgan fingerprint density at radius 3 is 2.34 bits per heavy atom. The molecular formula is C23H21F6N5O4. The molecule has 1 fully saturated rings. The Morgan fingerprint density at radius 1 is 1.13 bits per heavy atom. The number of nitrogens with zero attached hydrogens (tertiary/aromatic N) is 4. The highest BCUT2D eigenvalue weighted by atomic mass is 19.4. The van der Waals surface area contributed by atoms with Crippen molar-refractivity contribution >= 4 is 16.9 Å². The van der Waals surface area contributed by atoms with Crippen molar-refractivity contribution in [1.29, 1.82) is 0 Å². The van der Waals surface area contributed by atoms with E-state index in [2.05, 4.69) is 19.9 Å². The molecule has 4 rings (SSSR count). The van der Waals surface area contributed by atoms with Crippen molar-refractivity contribution in [3.63, 3.8) is 0 Å². The van der Waals surface area contributed by atoms with Crippen molar-refractivity contribution in [2.24, 2.45) is 0 Å². The highest BCUT2D eigenvalue weighted by molar-refractivity contribution is 5.94. The van der Waals surface area contributed by atoms with Gasteiger partial charge in [-0.05, 0) is 32.9 Å². The van der Waals surface area contributed by atoms with Crippen LogP contribution in [-0.4, -0.2) is 62.2 Å². The van der Waals surface area contributed by atoms with Gasteiger partial charge in [-0.2, -0.15) is 26.3 Å². The van der Waals surface area contributed by atoms with Crippen LogP contribution in [0.2, 0.25) is 0 Å². The molecule has 1 saturated heterocycles. The van der Waals surface area contributed by atoms with Gasteiger partial charge in [-0.1, -0.05) is 0 Å². The van der Waals surface area contributed by atoms with E-state index in [4.69, 9.17) is 9.47 Å². The lowest BCUT2D eigenvalue weighted by Crippen LogP contribution is -2.48. The molecule has 0 aliphatic carbocycles. The molecule has 0 aromatic carbocycles. The molecule has 15 heteroatoms. The quantitative estimate of drug-likeness (QED) is 0.494. The Kier molecular flexibility index (Phi) is 7.07.